The maximum Gasteiger partial charge on any atom is 0.128 e. The van der Waals surface area contributed by atoms with Gasteiger partial charge in [0.1, 0.15) is 5.82 Å². The van der Waals surface area contributed by atoms with E-state index < -0.39 is 0 Å². The third-order valence-electron chi connectivity index (χ3n) is 4.23. The van der Waals surface area contributed by atoms with Crippen molar-refractivity contribution in [2.75, 3.05) is 13.1 Å². The largest absolute Gasteiger partial charge is 0.311 e. The Kier molecular flexibility index (Phi) is 5.58. The van der Waals surface area contributed by atoms with E-state index in [0.29, 0.717) is 24.5 Å². The number of nitrogens with one attached hydrogen (secondary N) is 1. The van der Waals surface area contributed by atoms with Gasteiger partial charge in [-0.1, -0.05) is 42.8 Å². The maximum atomic E-state index is 14.0. The first-order chi connectivity index (χ1) is 9.51. The van der Waals surface area contributed by atoms with Gasteiger partial charge in [-0.05, 0) is 24.5 Å². The first-order valence-electron chi connectivity index (χ1n) is 7.42. The standard InChI is InChI=1S/C16H24BrFN2/c1-4-14-8-19-16(11(2)3)10-20(14)9-12-5-6-13(17)7-15(12)18/h5-7,11,14,16,19H,4,8-10H2,1-3H3. The van der Waals surface area contributed by atoms with Crippen LogP contribution in [0.1, 0.15) is 32.8 Å². The lowest BCUT2D eigenvalue weighted by Crippen LogP contribution is -2.57. The molecular weight excluding hydrogens is 319 g/mol. The zero-order valence-electron chi connectivity index (χ0n) is 12.5. The highest BCUT2D eigenvalue weighted by molar-refractivity contribution is 9.10. The van der Waals surface area contributed by atoms with Crippen molar-refractivity contribution in [3.63, 3.8) is 0 Å². The van der Waals surface area contributed by atoms with Gasteiger partial charge in [0.25, 0.3) is 0 Å². The quantitative estimate of drug-likeness (QED) is 0.895. The summed E-state index contributed by atoms with van der Waals surface area (Å²) in [4.78, 5) is 2.42. The van der Waals surface area contributed by atoms with Gasteiger partial charge < -0.3 is 5.32 Å². The van der Waals surface area contributed by atoms with Crippen LogP contribution < -0.4 is 5.32 Å². The SMILES string of the molecule is CCC1CNC(C(C)C)CN1Cc1ccc(Br)cc1F. The van der Waals surface area contributed by atoms with E-state index in [1.54, 1.807) is 6.07 Å². The molecule has 2 rings (SSSR count). The Labute approximate surface area is 129 Å². The molecule has 1 aliphatic heterocycles. The van der Waals surface area contributed by atoms with E-state index >= 15 is 0 Å². The van der Waals surface area contributed by atoms with Crippen molar-refractivity contribution >= 4 is 15.9 Å². The predicted molar refractivity (Wildman–Crippen MR) is 85.2 cm³/mol. The van der Waals surface area contributed by atoms with Crippen LogP contribution in [0, 0.1) is 11.7 Å². The second kappa shape index (κ2) is 7.01. The molecule has 112 valence electrons. The van der Waals surface area contributed by atoms with Gasteiger partial charge >= 0.3 is 0 Å². The van der Waals surface area contributed by atoms with Gasteiger partial charge in [0, 0.05) is 41.8 Å². The second-order valence-corrected chi connectivity index (χ2v) is 6.90. The summed E-state index contributed by atoms with van der Waals surface area (Å²) in [5.74, 6) is 0.485. The van der Waals surface area contributed by atoms with Crippen LogP contribution in [-0.4, -0.2) is 30.1 Å². The molecule has 2 atom stereocenters. The minimum atomic E-state index is -0.117. The molecule has 0 bridgehead atoms. The third kappa shape index (κ3) is 3.80. The van der Waals surface area contributed by atoms with Crippen molar-refractivity contribution in [1.29, 1.82) is 0 Å². The first kappa shape index (κ1) is 15.9. The van der Waals surface area contributed by atoms with Crippen LogP contribution in [0.3, 0.4) is 0 Å². The Balaban J connectivity index is 2.11. The zero-order chi connectivity index (χ0) is 14.7. The predicted octanol–water partition coefficient (Wildman–Crippen LogP) is 3.80. The Hall–Kier alpha value is -0.450. The minimum Gasteiger partial charge on any atom is -0.311 e. The Morgan fingerprint density at radius 3 is 2.80 bits per heavy atom. The van der Waals surface area contributed by atoms with Crippen LogP contribution in [0.15, 0.2) is 22.7 Å². The molecule has 0 aliphatic carbocycles. The van der Waals surface area contributed by atoms with Gasteiger partial charge in [-0.3, -0.25) is 4.90 Å². The first-order valence-corrected chi connectivity index (χ1v) is 8.22. The Morgan fingerprint density at radius 2 is 2.20 bits per heavy atom. The van der Waals surface area contributed by atoms with Crippen molar-refractivity contribution in [2.45, 2.75) is 45.8 Å². The van der Waals surface area contributed by atoms with E-state index in [1.807, 2.05) is 12.1 Å². The van der Waals surface area contributed by atoms with Gasteiger partial charge in [0.2, 0.25) is 0 Å². The van der Waals surface area contributed by atoms with Crippen LogP contribution in [0.5, 0.6) is 0 Å². The third-order valence-corrected chi connectivity index (χ3v) is 4.72. The molecule has 0 saturated carbocycles. The van der Waals surface area contributed by atoms with Crippen molar-refractivity contribution < 1.29 is 4.39 Å². The maximum absolute atomic E-state index is 14.0. The number of nitrogens with zero attached hydrogens (tertiary/aromatic N) is 1. The fourth-order valence-electron chi connectivity index (χ4n) is 2.79. The molecule has 2 unspecified atom stereocenters. The molecule has 1 aromatic carbocycles. The van der Waals surface area contributed by atoms with Gasteiger partial charge in [-0.25, -0.2) is 4.39 Å². The molecule has 2 nitrogen and oxygen atoms in total. The fraction of sp³-hybridized carbons (Fsp3) is 0.625. The molecule has 0 aromatic heterocycles. The lowest BCUT2D eigenvalue weighted by Gasteiger charge is -2.41. The van der Waals surface area contributed by atoms with E-state index in [1.165, 1.54) is 0 Å². The van der Waals surface area contributed by atoms with Crippen molar-refractivity contribution in [3.8, 4) is 0 Å². The highest BCUT2D eigenvalue weighted by atomic mass is 79.9. The molecule has 1 aliphatic rings. The molecule has 0 spiro atoms. The van der Waals surface area contributed by atoms with E-state index in [2.05, 4.69) is 46.9 Å². The number of hydrogen-bond donors (Lipinski definition) is 1. The average molecular weight is 343 g/mol. The van der Waals surface area contributed by atoms with E-state index in [4.69, 9.17) is 0 Å². The summed E-state index contributed by atoms with van der Waals surface area (Å²) in [5.41, 5.74) is 0.788. The van der Waals surface area contributed by atoms with Gasteiger partial charge in [0.15, 0.2) is 0 Å². The summed E-state index contributed by atoms with van der Waals surface area (Å²) >= 11 is 3.31. The van der Waals surface area contributed by atoms with E-state index in [-0.39, 0.29) is 5.82 Å². The summed E-state index contributed by atoms with van der Waals surface area (Å²) in [5, 5.41) is 3.62. The van der Waals surface area contributed by atoms with Crippen LogP contribution in [0.2, 0.25) is 0 Å². The zero-order valence-corrected chi connectivity index (χ0v) is 14.1. The Morgan fingerprint density at radius 1 is 1.45 bits per heavy atom. The lowest BCUT2D eigenvalue weighted by molar-refractivity contribution is 0.102. The summed E-state index contributed by atoms with van der Waals surface area (Å²) in [7, 11) is 0. The van der Waals surface area contributed by atoms with Crippen LogP contribution in [0.4, 0.5) is 4.39 Å². The van der Waals surface area contributed by atoms with Crippen molar-refractivity contribution in [1.82, 2.24) is 10.2 Å². The molecule has 1 fully saturated rings. The molecule has 1 heterocycles. The number of halogens is 2. The molecule has 0 radical (unpaired) electrons. The number of benzene rings is 1. The molecule has 1 saturated heterocycles. The van der Waals surface area contributed by atoms with Crippen LogP contribution in [-0.2, 0) is 6.54 Å². The normalized spacial score (nSPS) is 24.3. The van der Waals surface area contributed by atoms with Crippen molar-refractivity contribution in [2.24, 2.45) is 5.92 Å². The number of hydrogen-bond acceptors (Lipinski definition) is 2. The van der Waals surface area contributed by atoms with Crippen molar-refractivity contribution in [3.05, 3.63) is 34.1 Å². The van der Waals surface area contributed by atoms with Gasteiger partial charge in [-0.15, -0.1) is 0 Å². The summed E-state index contributed by atoms with van der Waals surface area (Å²) in [6.07, 6.45) is 1.09. The molecule has 0 amide bonds. The summed E-state index contributed by atoms with van der Waals surface area (Å²) in [6.45, 7) is 9.36. The molecule has 1 aromatic rings. The summed E-state index contributed by atoms with van der Waals surface area (Å²) in [6, 6.07) is 6.35. The highest BCUT2D eigenvalue weighted by Gasteiger charge is 2.28. The number of piperazine rings is 1. The fourth-order valence-corrected chi connectivity index (χ4v) is 3.13. The van der Waals surface area contributed by atoms with E-state index in [9.17, 15) is 4.39 Å². The smallest absolute Gasteiger partial charge is 0.128 e. The second-order valence-electron chi connectivity index (χ2n) is 5.99. The Bertz CT molecular complexity index is 450. The van der Waals surface area contributed by atoms with Crippen LogP contribution in [0.25, 0.3) is 0 Å². The average Bonchev–Trinajstić information content (AvgIpc) is 2.41. The molecule has 4 heteroatoms. The number of rotatable bonds is 4. The molecular formula is C16H24BrFN2. The van der Waals surface area contributed by atoms with Gasteiger partial charge in [-0.2, -0.15) is 0 Å². The molecule has 1 N–H and O–H groups in total. The van der Waals surface area contributed by atoms with E-state index in [0.717, 1.165) is 29.5 Å². The monoisotopic (exact) mass is 342 g/mol. The molecule has 20 heavy (non-hydrogen) atoms. The lowest BCUT2D eigenvalue weighted by atomic mass is 9.98. The topological polar surface area (TPSA) is 15.3 Å². The van der Waals surface area contributed by atoms with Gasteiger partial charge in [0.05, 0.1) is 0 Å². The summed E-state index contributed by atoms with van der Waals surface area (Å²) < 4.78 is 14.8. The minimum absolute atomic E-state index is 0.117. The highest BCUT2D eigenvalue weighted by Crippen LogP contribution is 2.21. The van der Waals surface area contributed by atoms with Crippen LogP contribution >= 0.6 is 15.9 Å².